The van der Waals surface area contributed by atoms with Gasteiger partial charge in [0.25, 0.3) is 0 Å². The topological polar surface area (TPSA) is 80.6 Å². The molecule has 1 aromatic carbocycles. The quantitative estimate of drug-likeness (QED) is 0.515. The first-order valence-electron chi connectivity index (χ1n) is 11.4. The minimum Gasteiger partial charge on any atom is -0.461 e. The van der Waals surface area contributed by atoms with Gasteiger partial charge in [-0.3, -0.25) is 4.79 Å². The molecule has 0 radical (unpaired) electrons. The molecule has 1 fully saturated rings. The third-order valence-corrected chi connectivity index (χ3v) is 5.68. The van der Waals surface area contributed by atoms with E-state index in [1.165, 1.54) is 0 Å². The monoisotopic (exact) mass is 447 g/mol. The average Bonchev–Trinajstić information content (AvgIpc) is 3.31. The van der Waals surface area contributed by atoms with E-state index in [1.54, 1.807) is 23.9 Å². The van der Waals surface area contributed by atoms with Gasteiger partial charge in [-0.05, 0) is 43.7 Å². The number of amides is 1. The van der Waals surface area contributed by atoms with Gasteiger partial charge in [-0.25, -0.2) is 14.5 Å². The Hall–Kier alpha value is -3.68. The zero-order valence-corrected chi connectivity index (χ0v) is 19.1. The highest BCUT2D eigenvalue weighted by Crippen LogP contribution is 2.27. The van der Waals surface area contributed by atoms with Gasteiger partial charge < -0.3 is 14.5 Å². The molecule has 0 spiro atoms. The third-order valence-electron chi connectivity index (χ3n) is 5.68. The number of anilines is 1. The van der Waals surface area contributed by atoms with Crippen molar-refractivity contribution in [1.29, 1.82) is 0 Å². The van der Waals surface area contributed by atoms with Crippen molar-refractivity contribution < 1.29 is 14.3 Å². The molecule has 33 heavy (non-hydrogen) atoms. The molecule has 8 heteroatoms. The fourth-order valence-electron chi connectivity index (χ4n) is 3.97. The van der Waals surface area contributed by atoms with E-state index in [0.717, 1.165) is 49.5 Å². The zero-order valence-electron chi connectivity index (χ0n) is 19.1. The van der Waals surface area contributed by atoms with Crippen molar-refractivity contribution in [2.75, 3.05) is 37.7 Å². The van der Waals surface area contributed by atoms with Gasteiger partial charge in [0, 0.05) is 50.0 Å². The van der Waals surface area contributed by atoms with E-state index in [9.17, 15) is 9.59 Å². The van der Waals surface area contributed by atoms with Gasteiger partial charge in [-0.1, -0.05) is 25.1 Å². The first kappa shape index (κ1) is 22.5. The molecule has 1 saturated heterocycles. The fraction of sp³-hybridized carbons (Fsp3) is 0.360. The van der Waals surface area contributed by atoms with Crippen LogP contribution in [-0.4, -0.2) is 64.3 Å². The summed E-state index contributed by atoms with van der Waals surface area (Å²) in [6.45, 7) is 7.21. The number of rotatable bonds is 7. The summed E-state index contributed by atoms with van der Waals surface area (Å²) in [5, 5.41) is 4.46. The summed E-state index contributed by atoms with van der Waals surface area (Å²) in [6, 6.07) is 15.5. The van der Waals surface area contributed by atoms with Crippen molar-refractivity contribution in [3.63, 3.8) is 0 Å². The van der Waals surface area contributed by atoms with Crippen LogP contribution >= 0.6 is 0 Å². The molecule has 0 N–H and O–H groups in total. The Morgan fingerprint density at radius 2 is 1.76 bits per heavy atom. The number of ether oxygens (including phenoxy) is 1. The molecule has 1 aliphatic rings. The molecule has 1 aliphatic heterocycles. The Balaban J connectivity index is 1.55. The van der Waals surface area contributed by atoms with Gasteiger partial charge in [-0.2, -0.15) is 5.10 Å². The van der Waals surface area contributed by atoms with Crippen LogP contribution in [0.5, 0.6) is 0 Å². The summed E-state index contributed by atoms with van der Waals surface area (Å²) in [5.74, 6) is 0.410. The van der Waals surface area contributed by atoms with Gasteiger partial charge >= 0.3 is 5.97 Å². The van der Waals surface area contributed by atoms with Gasteiger partial charge in [-0.15, -0.1) is 0 Å². The lowest BCUT2D eigenvalue weighted by Crippen LogP contribution is -2.48. The van der Waals surface area contributed by atoms with Crippen LogP contribution in [0.1, 0.15) is 37.2 Å². The van der Waals surface area contributed by atoms with Gasteiger partial charge in [0.15, 0.2) is 11.5 Å². The number of carbonyl (C=O) groups excluding carboxylic acids is 2. The van der Waals surface area contributed by atoms with Gasteiger partial charge in [0.05, 0.1) is 12.3 Å². The number of piperazine rings is 1. The van der Waals surface area contributed by atoms with Crippen molar-refractivity contribution >= 4 is 17.6 Å². The normalized spacial score (nSPS) is 13.8. The second-order valence-corrected chi connectivity index (χ2v) is 7.90. The molecule has 0 bridgehead atoms. The van der Waals surface area contributed by atoms with Crippen LogP contribution in [0.4, 0.5) is 5.69 Å². The molecule has 0 aliphatic carbocycles. The third kappa shape index (κ3) is 5.05. The fourth-order valence-corrected chi connectivity index (χ4v) is 3.97. The minimum absolute atomic E-state index is 0.243. The lowest BCUT2D eigenvalue weighted by molar-refractivity contribution is -0.131. The molecule has 0 saturated carbocycles. The van der Waals surface area contributed by atoms with Gasteiger partial charge in [0.2, 0.25) is 5.91 Å². The largest absolute Gasteiger partial charge is 0.461 e. The zero-order chi connectivity index (χ0) is 23.2. The van der Waals surface area contributed by atoms with Crippen molar-refractivity contribution in [2.45, 2.75) is 26.7 Å². The van der Waals surface area contributed by atoms with Crippen molar-refractivity contribution in [2.24, 2.45) is 0 Å². The van der Waals surface area contributed by atoms with Crippen LogP contribution in [0, 0.1) is 0 Å². The standard InChI is InChI=1S/C25H29N5O3/c1-3-7-24(31)29-16-14-28(15-17-29)20-11-9-19(10-12-20)22-18-21(25(32)33-4-2)27-30(22)23-8-5-6-13-26-23/h5-6,8-13,18H,3-4,7,14-17H2,1-2H3. The number of aromatic nitrogens is 3. The van der Waals surface area contributed by atoms with Crippen molar-refractivity contribution in [1.82, 2.24) is 19.7 Å². The summed E-state index contributed by atoms with van der Waals surface area (Å²) in [4.78, 5) is 33.1. The number of hydrogen-bond acceptors (Lipinski definition) is 6. The number of benzene rings is 1. The molecule has 0 unspecified atom stereocenters. The molecule has 3 aromatic rings. The molecule has 8 nitrogen and oxygen atoms in total. The van der Waals surface area contributed by atoms with Crippen LogP contribution in [0.25, 0.3) is 17.1 Å². The molecule has 4 rings (SSSR count). The summed E-state index contributed by atoms with van der Waals surface area (Å²) in [7, 11) is 0. The highest BCUT2D eigenvalue weighted by Gasteiger charge is 2.22. The maximum Gasteiger partial charge on any atom is 0.358 e. The Morgan fingerprint density at radius 3 is 2.39 bits per heavy atom. The average molecular weight is 448 g/mol. The van der Waals surface area contributed by atoms with Crippen LogP contribution in [0.3, 0.4) is 0 Å². The number of pyridine rings is 1. The van der Waals surface area contributed by atoms with E-state index in [4.69, 9.17) is 4.74 Å². The number of hydrogen-bond donors (Lipinski definition) is 0. The molecule has 3 heterocycles. The molecule has 172 valence electrons. The van der Waals surface area contributed by atoms with E-state index < -0.39 is 5.97 Å². The SMILES string of the molecule is CCCC(=O)N1CCN(c2ccc(-c3cc(C(=O)OCC)nn3-c3ccccn3)cc2)CC1. The second kappa shape index (κ2) is 10.3. The van der Waals surface area contributed by atoms with E-state index in [1.807, 2.05) is 42.2 Å². The molecular weight excluding hydrogens is 418 g/mol. The smallest absolute Gasteiger partial charge is 0.358 e. The van der Waals surface area contributed by atoms with E-state index >= 15 is 0 Å². The summed E-state index contributed by atoms with van der Waals surface area (Å²) in [5.41, 5.74) is 3.04. The van der Waals surface area contributed by atoms with Gasteiger partial charge in [0.1, 0.15) is 0 Å². The predicted octanol–water partition coefficient (Wildman–Crippen LogP) is 3.56. The second-order valence-electron chi connectivity index (χ2n) is 7.90. The summed E-state index contributed by atoms with van der Waals surface area (Å²) in [6.07, 6.45) is 3.19. The van der Waals surface area contributed by atoms with Crippen LogP contribution in [0.15, 0.2) is 54.7 Å². The number of esters is 1. The van der Waals surface area contributed by atoms with Crippen LogP contribution < -0.4 is 4.90 Å². The minimum atomic E-state index is -0.458. The van der Waals surface area contributed by atoms with Crippen LogP contribution in [-0.2, 0) is 9.53 Å². The van der Waals surface area contributed by atoms with E-state index in [-0.39, 0.29) is 18.2 Å². The molecule has 2 aromatic heterocycles. The lowest BCUT2D eigenvalue weighted by Gasteiger charge is -2.36. The molecular formula is C25H29N5O3. The van der Waals surface area contributed by atoms with Crippen molar-refractivity contribution in [3.05, 3.63) is 60.4 Å². The number of nitrogens with zero attached hydrogens (tertiary/aromatic N) is 5. The molecule has 1 amide bonds. The van der Waals surface area contributed by atoms with E-state index in [0.29, 0.717) is 12.2 Å². The molecule has 0 atom stereocenters. The highest BCUT2D eigenvalue weighted by atomic mass is 16.5. The summed E-state index contributed by atoms with van der Waals surface area (Å²) >= 11 is 0. The first-order chi connectivity index (χ1) is 16.1. The Bertz CT molecular complexity index is 1090. The van der Waals surface area contributed by atoms with E-state index in [2.05, 4.69) is 27.1 Å². The predicted molar refractivity (Wildman–Crippen MR) is 126 cm³/mol. The summed E-state index contributed by atoms with van der Waals surface area (Å²) < 4.78 is 6.80. The number of carbonyl (C=O) groups is 2. The highest BCUT2D eigenvalue weighted by molar-refractivity contribution is 5.89. The van der Waals surface area contributed by atoms with Crippen molar-refractivity contribution in [3.8, 4) is 17.1 Å². The Morgan fingerprint density at radius 1 is 1.00 bits per heavy atom. The lowest BCUT2D eigenvalue weighted by atomic mass is 10.1. The Labute approximate surface area is 193 Å². The Kier molecular flexibility index (Phi) is 7.02. The first-order valence-corrected chi connectivity index (χ1v) is 11.4. The van der Waals surface area contributed by atoms with Crippen LogP contribution in [0.2, 0.25) is 0 Å². The maximum atomic E-state index is 12.3. The maximum absolute atomic E-state index is 12.3.